The number of hydrogen-bond acceptors (Lipinski definition) is 2. The Bertz CT molecular complexity index is 388. The molecule has 2 nitrogen and oxygen atoms in total. The number of rotatable bonds is 2. The average Bonchev–Trinajstić information content (AvgIpc) is 2.14. The molecule has 1 heterocycles. The van der Waals surface area contributed by atoms with E-state index in [0.717, 1.165) is 20.2 Å². The van der Waals surface area contributed by atoms with E-state index in [2.05, 4.69) is 9.72 Å². The number of ether oxygens (including phenoxy) is 1. The zero-order valence-electron chi connectivity index (χ0n) is 8.40. The first kappa shape index (κ1) is 12.7. The highest BCUT2D eigenvalue weighted by molar-refractivity contribution is 5.44. The lowest BCUT2D eigenvalue weighted by Crippen LogP contribution is -2.13. The molecule has 0 spiro atoms. The number of nitrogens with zero attached hydrogens (tertiary/aromatic N) is 1. The fourth-order valence-electron chi connectivity index (χ4n) is 1.31. The third-order valence-corrected chi connectivity index (χ3v) is 1.95. The van der Waals surface area contributed by atoms with Crippen LogP contribution in [0.15, 0.2) is 6.20 Å². The summed E-state index contributed by atoms with van der Waals surface area (Å²) in [4.78, 5) is 3.25. The number of aryl methyl sites for hydroxylation is 1. The molecule has 0 amide bonds. The molecular formula is C9H8F5NO. The second-order valence-electron chi connectivity index (χ2n) is 3.03. The van der Waals surface area contributed by atoms with Gasteiger partial charge in [0, 0.05) is 6.20 Å². The number of aromatic nitrogens is 1. The van der Waals surface area contributed by atoms with Crippen LogP contribution < -0.4 is 4.74 Å². The maximum atomic E-state index is 12.6. The van der Waals surface area contributed by atoms with E-state index in [1.807, 2.05) is 0 Å². The minimum Gasteiger partial charge on any atom is -0.494 e. The summed E-state index contributed by atoms with van der Waals surface area (Å²) >= 11 is 0. The smallest absolute Gasteiger partial charge is 0.420 e. The lowest BCUT2D eigenvalue weighted by Gasteiger charge is -2.16. The molecule has 0 radical (unpaired) electrons. The van der Waals surface area contributed by atoms with Crippen molar-refractivity contribution in [2.45, 2.75) is 19.5 Å². The molecule has 0 aromatic carbocycles. The molecule has 90 valence electrons. The lowest BCUT2D eigenvalue weighted by molar-refractivity contribution is -0.139. The number of pyridine rings is 1. The van der Waals surface area contributed by atoms with E-state index in [9.17, 15) is 22.0 Å². The summed E-state index contributed by atoms with van der Waals surface area (Å²) < 4.78 is 67.0. The summed E-state index contributed by atoms with van der Waals surface area (Å²) in [6, 6.07) is 0. The molecule has 0 aliphatic rings. The molecule has 0 bridgehead atoms. The standard InChI is InChI=1S/C9H8F5NO/c1-4-3-15-6(8(10)11)7(16-2)5(4)9(12,13)14/h3,8H,1-2H3. The van der Waals surface area contributed by atoms with E-state index >= 15 is 0 Å². The first-order chi connectivity index (χ1) is 7.29. The topological polar surface area (TPSA) is 22.1 Å². The Balaban J connectivity index is 3.51. The van der Waals surface area contributed by atoms with Crippen LogP contribution in [0.1, 0.15) is 23.2 Å². The Hall–Kier alpha value is -1.40. The van der Waals surface area contributed by atoms with Crippen molar-refractivity contribution in [2.24, 2.45) is 0 Å². The highest BCUT2D eigenvalue weighted by Gasteiger charge is 2.38. The van der Waals surface area contributed by atoms with Crippen molar-refractivity contribution in [3.8, 4) is 5.75 Å². The van der Waals surface area contributed by atoms with Crippen LogP contribution in [0.3, 0.4) is 0 Å². The van der Waals surface area contributed by atoms with E-state index in [1.54, 1.807) is 0 Å². The maximum Gasteiger partial charge on any atom is 0.420 e. The summed E-state index contributed by atoms with van der Waals surface area (Å²) in [6.45, 7) is 1.13. The molecule has 0 aliphatic carbocycles. The van der Waals surface area contributed by atoms with E-state index in [4.69, 9.17) is 0 Å². The van der Waals surface area contributed by atoms with Gasteiger partial charge >= 0.3 is 6.18 Å². The van der Waals surface area contributed by atoms with Gasteiger partial charge in [0.25, 0.3) is 6.43 Å². The lowest BCUT2D eigenvalue weighted by atomic mass is 10.1. The number of methoxy groups -OCH3 is 1. The fraction of sp³-hybridized carbons (Fsp3) is 0.444. The van der Waals surface area contributed by atoms with E-state index in [1.165, 1.54) is 0 Å². The van der Waals surface area contributed by atoms with E-state index in [0.29, 0.717) is 0 Å². The van der Waals surface area contributed by atoms with Crippen molar-refractivity contribution >= 4 is 0 Å². The van der Waals surface area contributed by atoms with Crippen LogP contribution in [0.2, 0.25) is 0 Å². The Kier molecular flexibility index (Phi) is 3.35. The maximum absolute atomic E-state index is 12.6. The molecule has 0 atom stereocenters. The Morgan fingerprint density at radius 2 is 1.88 bits per heavy atom. The van der Waals surface area contributed by atoms with Crippen molar-refractivity contribution in [1.82, 2.24) is 4.98 Å². The van der Waals surface area contributed by atoms with Gasteiger partial charge in [-0.05, 0) is 12.5 Å². The monoisotopic (exact) mass is 241 g/mol. The van der Waals surface area contributed by atoms with Crippen molar-refractivity contribution in [3.05, 3.63) is 23.0 Å². The van der Waals surface area contributed by atoms with Crippen molar-refractivity contribution in [1.29, 1.82) is 0 Å². The van der Waals surface area contributed by atoms with Gasteiger partial charge in [0.1, 0.15) is 11.3 Å². The minimum atomic E-state index is -4.75. The molecule has 0 saturated heterocycles. The average molecular weight is 241 g/mol. The Morgan fingerprint density at radius 1 is 1.31 bits per heavy atom. The summed E-state index contributed by atoms with van der Waals surface area (Å²) in [5.41, 5.74) is -2.46. The van der Waals surface area contributed by atoms with Gasteiger partial charge in [-0.1, -0.05) is 0 Å². The summed E-state index contributed by atoms with van der Waals surface area (Å²) in [6.07, 6.45) is -7.11. The summed E-state index contributed by atoms with van der Waals surface area (Å²) in [7, 11) is 0.900. The first-order valence-electron chi connectivity index (χ1n) is 4.17. The van der Waals surface area contributed by atoms with Crippen LogP contribution in [0.5, 0.6) is 5.75 Å². The first-order valence-corrected chi connectivity index (χ1v) is 4.17. The molecular weight excluding hydrogens is 233 g/mol. The normalized spacial score (nSPS) is 12.0. The van der Waals surface area contributed by atoms with Crippen molar-refractivity contribution in [2.75, 3.05) is 7.11 Å². The van der Waals surface area contributed by atoms with Crippen LogP contribution in [0.25, 0.3) is 0 Å². The number of hydrogen-bond donors (Lipinski definition) is 0. The summed E-state index contributed by atoms with van der Waals surface area (Å²) in [5.74, 6) is -0.914. The second-order valence-corrected chi connectivity index (χ2v) is 3.03. The van der Waals surface area contributed by atoms with Crippen LogP contribution in [-0.2, 0) is 6.18 Å². The molecule has 1 rings (SSSR count). The number of halogens is 5. The van der Waals surface area contributed by atoms with Gasteiger partial charge in [-0.15, -0.1) is 0 Å². The molecule has 0 saturated carbocycles. The van der Waals surface area contributed by atoms with Gasteiger partial charge in [0.15, 0.2) is 5.75 Å². The SMILES string of the molecule is COc1c(C(F)F)ncc(C)c1C(F)(F)F. The van der Waals surface area contributed by atoms with Gasteiger partial charge in [-0.3, -0.25) is 4.98 Å². The summed E-state index contributed by atoms with van der Waals surface area (Å²) in [5, 5.41) is 0. The molecule has 1 aromatic heterocycles. The van der Waals surface area contributed by atoms with Crippen LogP contribution >= 0.6 is 0 Å². The second kappa shape index (κ2) is 4.23. The molecule has 1 aromatic rings. The van der Waals surface area contributed by atoms with Gasteiger partial charge < -0.3 is 4.74 Å². The van der Waals surface area contributed by atoms with E-state index in [-0.39, 0.29) is 5.56 Å². The molecule has 16 heavy (non-hydrogen) atoms. The van der Waals surface area contributed by atoms with Crippen molar-refractivity contribution in [3.63, 3.8) is 0 Å². The van der Waals surface area contributed by atoms with Crippen molar-refractivity contribution < 1.29 is 26.7 Å². The van der Waals surface area contributed by atoms with Gasteiger partial charge in [0.2, 0.25) is 0 Å². The fourth-order valence-corrected chi connectivity index (χ4v) is 1.31. The molecule has 0 fully saturated rings. The Morgan fingerprint density at radius 3 is 2.25 bits per heavy atom. The third-order valence-electron chi connectivity index (χ3n) is 1.95. The van der Waals surface area contributed by atoms with Crippen LogP contribution in [-0.4, -0.2) is 12.1 Å². The quantitative estimate of drug-likeness (QED) is 0.740. The largest absolute Gasteiger partial charge is 0.494 e. The highest BCUT2D eigenvalue weighted by atomic mass is 19.4. The minimum absolute atomic E-state index is 0.256. The van der Waals surface area contributed by atoms with Gasteiger partial charge in [0.05, 0.1) is 7.11 Å². The Labute approximate surface area is 88.1 Å². The third kappa shape index (κ3) is 2.23. The van der Waals surface area contributed by atoms with Crippen LogP contribution in [0, 0.1) is 6.92 Å². The molecule has 0 aliphatic heterocycles. The molecule has 7 heteroatoms. The number of alkyl halides is 5. The zero-order chi connectivity index (χ0) is 12.5. The molecule has 0 unspecified atom stereocenters. The zero-order valence-corrected chi connectivity index (χ0v) is 8.40. The van der Waals surface area contributed by atoms with Crippen LogP contribution in [0.4, 0.5) is 22.0 Å². The molecule has 0 N–H and O–H groups in total. The van der Waals surface area contributed by atoms with Gasteiger partial charge in [-0.25, -0.2) is 8.78 Å². The predicted octanol–water partition coefficient (Wildman–Crippen LogP) is 3.36. The predicted molar refractivity (Wildman–Crippen MR) is 45.5 cm³/mol. The highest BCUT2D eigenvalue weighted by Crippen LogP contribution is 2.41. The van der Waals surface area contributed by atoms with E-state index < -0.39 is 29.6 Å². The van der Waals surface area contributed by atoms with Gasteiger partial charge in [-0.2, -0.15) is 13.2 Å².